The summed E-state index contributed by atoms with van der Waals surface area (Å²) in [5.41, 5.74) is 2.59. The van der Waals surface area contributed by atoms with Crippen LogP contribution in [0.1, 0.15) is 66.8 Å². The van der Waals surface area contributed by atoms with Crippen LogP contribution in [0, 0.1) is 0 Å². The van der Waals surface area contributed by atoms with Crippen LogP contribution < -0.4 is 14.5 Å². The van der Waals surface area contributed by atoms with Crippen molar-refractivity contribution in [1.29, 1.82) is 0 Å². The summed E-state index contributed by atoms with van der Waals surface area (Å²) in [5.74, 6) is 1.18. The normalized spacial score (nSPS) is 20.2. The number of nitrogens with zero attached hydrogens (tertiary/aromatic N) is 6. The van der Waals surface area contributed by atoms with Crippen LogP contribution in [0.5, 0.6) is 5.88 Å². The Kier molecular flexibility index (Phi) is 6.62. The lowest BCUT2D eigenvalue weighted by molar-refractivity contribution is -0.137. The Bertz CT molecular complexity index is 1410. The van der Waals surface area contributed by atoms with Crippen LogP contribution in [-0.2, 0) is 19.8 Å². The first-order chi connectivity index (χ1) is 19.2. The Morgan fingerprint density at radius 3 is 2.45 bits per heavy atom. The minimum atomic E-state index is -4.53. The van der Waals surface area contributed by atoms with Gasteiger partial charge in [-0.2, -0.15) is 18.3 Å². The molecule has 4 heterocycles. The van der Waals surface area contributed by atoms with E-state index in [-0.39, 0.29) is 29.7 Å². The Labute approximate surface area is 231 Å². The van der Waals surface area contributed by atoms with Crippen molar-refractivity contribution in [2.75, 3.05) is 30.0 Å². The fourth-order valence-corrected chi connectivity index (χ4v) is 6.29. The molecule has 1 saturated carbocycles. The third-order valence-corrected chi connectivity index (χ3v) is 8.38. The summed E-state index contributed by atoms with van der Waals surface area (Å²) in [4.78, 5) is 23.6. The minimum Gasteiger partial charge on any atom is -0.480 e. The number of pyridine rings is 1. The summed E-state index contributed by atoms with van der Waals surface area (Å²) in [6.45, 7) is 3.12. The molecule has 1 aliphatic carbocycles. The van der Waals surface area contributed by atoms with E-state index in [9.17, 15) is 18.0 Å². The molecule has 212 valence electrons. The number of carbonyl (C=O) groups excluding carboxylic acids is 1. The summed E-state index contributed by atoms with van der Waals surface area (Å²) >= 11 is 0. The Balaban J connectivity index is 1.27. The van der Waals surface area contributed by atoms with Crippen molar-refractivity contribution >= 4 is 17.5 Å². The fraction of sp³-hybridized carbons (Fsp3) is 0.483. The van der Waals surface area contributed by atoms with Gasteiger partial charge < -0.3 is 14.5 Å². The number of hydrogen-bond acceptors (Lipinski definition) is 5. The topological polar surface area (TPSA) is 66.7 Å². The molecule has 0 unspecified atom stereocenters. The van der Waals surface area contributed by atoms with E-state index >= 15 is 0 Å². The molecule has 0 radical (unpaired) electrons. The van der Waals surface area contributed by atoms with Crippen molar-refractivity contribution in [1.82, 2.24) is 19.7 Å². The van der Waals surface area contributed by atoms with Crippen molar-refractivity contribution in [3.63, 3.8) is 0 Å². The van der Waals surface area contributed by atoms with E-state index in [2.05, 4.69) is 22.2 Å². The molecular formula is C29H33F3N6O2. The van der Waals surface area contributed by atoms with Gasteiger partial charge in [-0.25, -0.2) is 9.78 Å². The highest BCUT2D eigenvalue weighted by atomic mass is 19.4. The molecule has 1 atom stereocenters. The Hall–Kier alpha value is -3.76. The van der Waals surface area contributed by atoms with Crippen molar-refractivity contribution < 1.29 is 22.7 Å². The highest BCUT2D eigenvalue weighted by Crippen LogP contribution is 2.45. The predicted octanol–water partition coefficient (Wildman–Crippen LogP) is 5.89. The van der Waals surface area contributed by atoms with E-state index in [1.165, 1.54) is 25.5 Å². The molecule has 8 nitrogen and oxygen atoms in total. The number of ether oxygens (including phenoxy) is 1. The molecule has 3 aromatic rings. The van der Waals surface area contributed by atoms with Crippen LogP contribution in [0.25, 0.3) is 0 Å². The van der Waals surface area contributed by atoms with Crippen molar-refractivity contribution in [2.45, 2.75) is 63.3 Å². The van der Waals surface area contributed by atoms with Crippen molar-refractivity contribution in [3.8, 4) is 5.88 Å². The number of anilines is 2. The van der Waals surface area contributed by atoms with Crippen LogP contribution >= 0.6 is 0 Å². The predicted molar refractivity (Wildman–Crippen MR) is 144 cm³/mol. The van der Waals surface area contributed by atoms with Crippen molar-refractivity contribution in [2.24, 2.45) is 7.05 Å². The van der Waals surface area contributed by atoms with E-state index in [1.54, 1.807) is 14.5 Å². The van der Waals surface area contributed by atoms with Gasteiger partial charge in [0.05, 0.1) is 25.3 Å². The second-order valence-electron chi connectivity index (χ2n) is 10.9. The van der Waals surface area contributed by atoms with E-state index in [1.807, 2.05) is 37.2 Å². The Morgan fingerprint density at radius 1 is 1.05 bits per heavy atom. The number of rotatable bonds is 6. The molecule has 3 aliphatic rings. The maximum atomic E-state index is 14.2. The number of aromatic nitrogens is 3. The van der Waals surface area contributed by atoms with E-state index in [0.717, 1.165) is 23.4 Å². The molecule has 0 spiro atoms. The minimum absolute atomic E-state index is 0.0400. The highest BCUT2D eigenvalue weighted by molar-refractivity contribution is 5.94. The molecule has 1 saturated heterocycles. The lowest BCUT2D eigenvalue weighted by atomic mass is 9.96. The van der Waals surface area contributed by atoms with E-state index < -0.39 is 11.7 Å². The van der Waals surface area contributed by atoms with Gasteiger partial charge >= 0.3 is 12.2 Å². The molecule has 2 aromatic heterocycles. The van der Waals surface area contributed by atoms with Gasteiger partial charge in [-0.15, -0.1) is 0 Å². The number of aryl methyl sites for hydroxylation is 1. The second-order valence-corrected chi connectivity index (χ2v) is 10.9. The number of halogens is 3. The lowest BCUT2D eigenvalue weighted by Crippen LogP contribution is -2.55. The number of amides is 2. The number of carbonyl (C=O) groups is 1. The maximum absolute atomic E-state index is 14.2. The summed E-state index contributed by atoms with van der Waals surface area (Å²) in [7, 11) is 3.18. The monoisotopic (exact) mass is 554 g/mol. The number of urea groups is 1. The molecule has 1 aromatic carbocycles. The molecular weight excluding hydrogens is 521 g/mol. The average Bonchev–Trinajstić information content (AvgIpc) is 3.71. The van der Waals surface area contributed by atoms with Gasteiger partial charge in [0.25, 0.3) is 0 Å². The first-order valence-corrected chi connectivity index (χ1v) is 13.7. The fourth-order valence-electron chi connectivity index (χ4n) is 6.29. The van der Waals surface area contributed by atoms with E-state index in [4.69, 9.17) is 4.74 Å². The van der Waals surface area contributed by atoms with Gasteiger partial charge in [-0.05, 0) is 55.7 Å². The smallest absolute Gasteiger partial charge is 0.418 e. The number of fused-ring (bicyclic) bond motifs is 1. The molecule has 6 rings (SSSR count). The standard InChI is InChI=1S/C29H33F3N6O2/c1-18-23-17-35(2)34-26(23)37(16-20-6-4-5-7-22(20)19-8-9-19)28(39)38(18)21-11-14-36(15-12-21)25-24(29(30,31)32)10-13-33-27(25)40-3/h4-7,10,13,17-19,21H,8-9,11-12,14-16H2,1-3H3/t18-/m0/s1. The zero-order chi connectivity index (χ0) is 28.2. The number of methoxy groups -OCH3 is 1. The van der Waals surface area contributed by atoms with Crippen molar-refractivity contribution in [3.05, 3.63) is 65.0 Å². The number of hydrogen-bond donors (Lipinski definition) is 0. The van der Waals surface area contributed by atoms with Gasteiger partial charge in [0.2, 0.25) is 5.88 Å². The highest BCUT2D eigenvalue weighted by Gasteiger charge is 2.44. The number of benzene rings is 1. The summed E-state index contributed by atoms with van der Waals surface area (Å²) < 4.78 is 48.5. The summed E-state index contributed by atoms with van der Waals surface area (Å²) in [5, 5.41) is 4.66. The quantitative estimate of drug-likeness (QED) is 0.380. The first kappa shape index (κ1) is 26.5. The summed E-state index contributed by atoms with van der Waals surface area (Å²) in [6, 6.07) is 8.83. The maximum Gasteiger partial charge on any atom is 0.418 e. The molecule has 11 heteroatoms. The van der Waals surface area contributed by atoms with Gasteiger partial charge in [-0.3, -0.25) is 9.58 Å². The molecule has 2 fully saturated rings. The summed E-state index contributed by atoms with van der Waals surface area (Å²) in [6.07, 6.45) is 1.92. The van der Waals surface area contributed by atoms with Crippen LogP contribution in [0.3, 0.4) is 0 Å². The molecule has 40 heavy (non-hydrogen) atoms. The SMILES string of the molecule is COc1nccc(C(F)(F)F)c1N1CCC(N2C(=O)N(Cc3ccccc3C3CC3)c3nn(C)cc3[C@@H]2C)CC1. The Morgan fingerprint density at radius 2 is 1.77 bits per heavy atom. The second kappa shape index (κ2) is 10.0. The largest absolute Gasteiger partial charge is 0.480 e. The molecule has 2 aliphatic heterocycles. The van der Waals surface area contributed by atoms with Crippen LogP contribution in [0.2, 0.25) is 0 Å². The van der Waals surface area contributed by atoms with Gasteiger partial charge in [0, 0.05) is 44.1 Å². The molecule has 0 N–H and O–H groups in total. The van der Waals surface area contributed by atoms with Gasteiger partial charge in [0.15, 0.2) is 5.82 Å². The third-order valence-electron chi connectivity index (χ3n) is 8.38. The third kappa shape index (κ3) is 4.65. The molecule has 2 amide bonds. The number of alkyl halides is 3. The average molecular weight is 555 g/mol. The zero-order valence-corrected chi connectivity index (χ0v) is 22.9. The number of piperidine rings is 1. The lowest BCUT2D eigenvalue weighted by Gasteiger charge is -2.46. The zero-order valence-electron chi connectivity index (χ0n) is 22.9. The van der Waals surface area contributed by atoms with Gasteiger partial charge in [-0.1, -0.05) is 24.3 Å². The van der Waals surface area contributed by atoms with Gasteiger partial charge in [0.1, 0.15) is 5.69 Å². The van der Waals surface area contributed by atoms with Crippen LogP contribution in [0.4, 0.5) is 29.5 Å². The van der Waals surface area contributed by atoms with Crippen LogP contribution in [0.15, 0.2) is 42.7 Å². The van der Waals surface area contributed by atoms with E-state index in [0.29, 0.717) is 44.2 Å². The molecule has 0 bridgehead atoms. The first-order valence-electron chi connectivity index (χ1n) is 13.7. The van der Waals surface area contributed by atoms with Crippen LogP contribution in [-0.4, -0.2) is 51.9 Å².